The molecule has 0 bridgehead atoms. The summed E-state index contributed by atoms with van der Waals surface area (Å²) in [4.78, 5) is 27.7. The highest BCUT2D eigenvalue weighted by Gasteiger charge is 2.56. The molecule has 0 aromatic heterocycles. The van der Waals surface area contributed by atoms with Crippen molar-refractivity contribution in [2.45, 2.75) is 96.9 Å². The van der Waals surface area contributed by atoms with Crippen molar-refractivity contribution in [2.24, 2.45) is 11.0 Å². The number of nitrogens with one attached hydrogen (secondary N) is 2. The number of esters is 1. The van der Waals surface area contributed by atoms with Gasteiger partial charge in [-0.1, -0.05) is 11.5 Å². The van der Waals surface area contributed by atoms with Crippen LogP contribution in [0.4, 0.5) is 4.79 Å². The largest absolute Gasteiger partial charge is 0.465 e. The zero-order valence-electron chi connectivity index (χ0n) is 24.3. The highest BCUT2D eigenvalue weighted by Crippen LogP contribution is 2.40. The smallest absolute Gasteiger partial charge is 0.457 e. The summed E-state index contributed by atoms with van der Waals surface area (Å²) in [5.74, 6) is -1.40. The van der Waals surface area contributed by atoms with Crippen LogP contribution in [0.3, 0.4) is 0 Å². The predicted molar refractivity (Wildman–Crippen MR) is 145 cm³/mol. The number of hydrogen-bond acceptors (Lipinski definition) is 9. The van der Waals surface area contributed by atoms with Gasteiger partial charge in [0, 0.05) is 31.1 Å². The van der Waals surface area contributed by atoms with Gasteiger partial charge in [0.05, 0.1) is 17.8 Å². The van der Waals surface area contributed by atoms with Crippen LogP contribution >= 0.6 is 0 Å². The van der Waals surface area contributed by atoms with Crippen LogP contribution in [0.2, 0.25) is 6.32 Å². The minimum Gasteiger partial charge on any atom is -0.465 e. The maximum absolute atomic E-state index is 13.1. The monoisotopic (exact) mass is 574 g/mol. The molecule has 2 rings (SSSR count). The van der Waals surface area contributed by atoms with Crippen LogP contribution in [-0.2, 0) is 33.8 Å². The fourth-order valence-electron chi connectivity index (χ4n) is 4.46. The minimum absolute atomic E-state index is 0.0150. The van der Waals surface area contributed by atoms with E-state index in [-0.39, 0.29) is 32.8 Å². The molecule has 2 aliphatic rings. The van der Waals surface area contributed by atoms with Crippen molar-refractivity contribution in [3.05, 3.63) is 10.4 Å². The maximum Gasteiger partial charge on any atom is 0.457 e. The molecule has 0 spiro atoms. The lowest BCUT2D eigenvalue weighted by Gasteiger charge is -2.32. The number of carbonyl (C=O) groups excluding carboxylic acids is 2. The molecule has 0 radical (unpaired) electrons. The van der Waals surface area contributed by atoms with Gasteiger partial charge in [0.25, 0.3) is 10.2 Å². The maximum atomic E-state index is 13.1. The van der Waals surface area contributed by atoms with E-state index in [2.05, 4.69) is 20.1 Å². The first-order valence-electron chi connectivity index (χ1n) is 13.2. The summed E-state index contributed by atoms with van der Waals surface area (Å²) in [6.45, 7) is 14.1. The lowest BCUT2D eigenvalue weighted by atomic mass is 9.78. The first kappa shape index (κ1) is 33.1. The van der Waals surface area contributed by atoms with E-state index in [1.165, 1.54) is 0 Å². The summed E-state index contributed by atoms with van der Waals surface area (Å²) >= 11 is 0. The van der Waals surface area contributed by atoms with Gasteiger partial charge in [-0.2, -0.15) is 12.7 Å². The van der Waals surface area contributed by atoms with Crippen molar-refractivity contribution >= 4 is 29.4 Å². The zero-order valence-corrected chi connectivity index (χ0v) is 25.1. The van der Waals surface area contributed by atoms with Gasteiger partial charge in [-0.05, 0) is 79.6 Å². The molecule has 2 fully saturated rings. The van der Waals surface area contributed by atoms with Gasteiger partial charge in [0.15, 0.2) is 5.54 Å². The average Bonchev–Trinajstić information content (AvgIpc) is 3.25. The molecule has 2 unspecified atom stereocenters. The molecule has 2 N–H and O–H groups in total. The number of ether oxygens (including phenoxy) is 2. The van der Waals surface area contributed by atoms with E-state index in [9.17, 15) is 23.5 Å². The van der Waals surface area contributed by atoms with Gasteiger partial charge in [-0.15, -0.1) is 0 Å². The number of azide groups is 1. The summed E-state index contributed by atoms with van der Waals surface area (Å²) in [7, 11) is -4.54. The van der Waals surface area contributed by atoms with Gasteiger partial charge in [0.1, 0.15) is 5.60 Å². The lowest BCUT2D eigenvalue weighted by molar-refractivity contribution is -0.150. The van der Waals surface area contributed by atoms with Gasteiger partial charge in [-0.25, -0.2) is 9.52 Å². The number of hydrogen-bond donors (Lipinski definition) is 2. The molecule has 2 saturated heterocycles. The lowest BCUT2D eigenvalue weighted by Crippen LogP contribution is -2.48. The molecule has 39 heavy (non-hydrogen) atoms. The number of carbonyl (C=O) groups is 2. The summed E-state index contributed by atoms with van der Waals surface area (Å²) in [5, 5.41) is 6.28. The summed E-state index contributed by atoms with van der Waals surface area (Å²) in [5.41, 5.74) is 5.93. The van der Waals surface area contributed by atoms with E-state index < -0.39 is 57.7 Å². The standard InChI is InChI=1S/C23H43BN6O8S/c1-9-35-18(31)23(28-29-25)16-30(39(33,34)27-14-13-26-19(32)36-20(2,3)4)15-17(23)11-10-12-24-37-21(5,6)22(7,8)38-24/h17,27H,9-16H2,1-8H3,(H,26,32). The summed E-state index contributed by atoms with van der Waals surface area (Å²) < 4.78 is 52.1. The van der Waals surface area contributed by atoms with Crippen molar-refractivity contribution in [2.75, 3.05) is 32.8 Å². The predicted octanol–water partition coefficient (Wildman–Crippen LogP) is 2.76. The van der Waals surface area contributed by atoms with E-state index in [1.54, 1.807) is 27.7 Å². The Morgan fingerprint density at radius 3 is 2.33 bits per heavy atom. The highest BCUT2D eigenvalue weighted by molar-refractivity contribution is 7.87. The second-order valence-electron chi connectivity index (χ2n) is 11.8. The Hall–Kier alpha value is -2.10. The Balaban J connectivity index is 2.09. The third kappa shape index (κ3) is 8.45. The van der Waals surface area contributed by atoms with Crippen molar-refractivity contribution in [3.63, 3.8) is 0 Å². The van der Waals surface area contributed by atoms with Gasteiger partial charge >= 0.3 is 19.2 Å². The SMILES string of the molecule is CCOC(=O)C1(N=[N+]=[N-])CN(S(=O)(=O)NCCNC(=O)OC(C)(C)C)CC1CCCB1OC(C)(C)C(C)(C)O1. The Labute approximate surface area is 231 Å². The Bertz CT molecular complexity index is 1030. The number of amides is 1. The van der Waals surface area contributed by atoms with Gasteiger partial charge < -0.3 is 24.1 Å². The van der Waals surface area contributed by atoms with Crippen molar-refractivity contribution in [3.8, 4) is 0 Å². The topological polar surface area (TPSA) is 181 Å². The Morgan fingerprint density at radius 1 is 1.18 bits per heavy atom. The second-order valence-corrected chi connectivity index (χ2v) is 13.5. The molecule has 2 aliphatic heterocycles. The summed E-state index contributed by atoms with van der Waals surface area (Å²) in [6.07, 6.45) is 0.744. The van der Waals surface area contributed by atoms with Crippen LogP contribution in [0.1, 0.15) is 68.2 Å². The van der Waals surface area contributed by atoms with Crippen LogP contribution in [0, 0.1) is 5.92 Å². The number of alkyl carbamates (subject to hydrolysis) is 1. The quantitative estimate of drug-likeness (QED) is 0.0891. The van der Waals surface area contributed by atoms with E-state index in [0.29, 0.717) is 19.2 Å². The molecule has 1 amide bonds. The van der Waals surface area contributed by atoms with Crippen LogP contribution in [0.5, 0.6) is 0 Å². The van der Waals surface area contributed by atoms with Crippen LogP contribution in [0.15, 0.2) is 5.11 Å². The molecule has 2 atom stereocenters. The van der Waals surface area contributed by atoms with Gasteiger partial charge in [-0.3, -0.25) is 4.79 Å². The fourth-order valence-corrected chi connectivity index (χ4v) is 5.74. The van der Waals surface area contributed by atoms with E-state index in [4.69, 9.17) is 18.8 Å². The average molecular weight is 575 g/mol. The molecule has 0 aromatic carbocycles. The third-order valence-corrected chi connectivity index (χ3v) is 8.61. The number of nitrogens with zero attached hydrogens (tertiary/aromatic N) is 4. The van der Waals surface area contributed by atoms with Crippen molar-refractivity contribution in [1.29, 1.82) is 0 Å². The van der Waals surface area contributed by atoms with E-state index >= 15 is 0 Å². The van der Waals surface area contributed by atoms with Crippen LogP contribution < -0.4 is 10.0 Å². The normalized spacial score (nSPS) is 24.7. The molecule has 222 valence electrons. The molecule has 16 heteroatoms. The van der Waals surface area contributed by atoms with E-state index in [1.807, 2.05) is 27.7 Å². The fraction of sp³-hybridized carbons (Fsp3) is 0.913. The molecule has 2 heterocycles. The second kappa shape index (κ2) is 12.6. The molecule has 0 saturated carbocycles. The molecule has 14 nitrogen and oxygen atoms in total. The highest BCUT2D eigenvalue weighted by atomic mass is 32.2. The van der Waals surface area contributed by atoms with Crippen molar-refractivity contribution in [1.82, 2.24) is 14.3 Å². The first-order chi connectivity index (χ1) is 17.9. The Morgan fingerprint density at radius 2 is 1.79 bits per heavy atom. The molecule has 0 aliphatic carbocycles. The third-order valence-electron chi connectivity index (χ3n) is 7.08. The zero-order chi connectivity index (χ0) is 29.7. The Kier molecular flexibility index (Phi) is 10.7. The first-order valence-corrected chi connectivity index (χ1v) is 14.6. The summed E-state index contributed by atoms with van der Waals surface area (Å²) in [6, 6.07) is 0. The molecule has 0 aromatic rings. The molecular formula is C23H43BN6O8S. The van der Waals surface area contributed by atoms with Gasteiger partial charge in [0.2, 0.25) is 0 Å². The van der Waals surface area contributed by atoms with Crippen molar-refractivity contribution < 1.29 is 36.8 Å². The molecular weight excluding hydrogens is 531 g/mol. The van der Waals surface area contributed by atoms with Crippen LogP contribution in [-0.4, -0.2) is 87.0 Å². The van der Waals surface area contributed by atoms with Crippen LogP contribution in [0.25, 0.3) is 10.4 Å². The van der Waals surface area contributed by atoms with E-state index in [0.717, 1.165) is 4.31 Å². The minimum atomic E-state index is -4.08. The number of rotatable bonds is 12.